The van der Waals surface area contributed by atoms with Crippen LogP contribution in [-0.2, 0) is 0 Å². The van der Waals surface area contributed by atoms with E-state index < -0.39 is 0 Å². The summed E-state index contributed by atoms with van der Waals surface area (Å²) in [5.74, 6) is 0.375. The van der Waals surface area contributed by atoms with Gasteiger partial charge in [0.05, 0.1) is 24.5 Å². The molecule has 1 N–H and O–H groups in total. The van der Waals surface area contributed by atoms with Gasteiger partial charge in [0.15, 0.2) is 0 Å². The highest BCUT2D eigenvalue weighted by molar-refractivity contribution is 5.96. The van der Waals surface area contributed by atoms with Gasteiger partial charge in [-0.3, -0.25) is 4.79 Å². The maximum atomic E-state index is 12.6. The first kappa shape index (κ1) is 21.1. The van der Waals surface area contributed by atoms with Crippen LogP contribution in [0.1, 0.15) is 16.1 Å². The lowest BCUT2D eigenvalue weighted by molar-refractivity contribution is 0.0950. The standard InChI is InChI=1S/C27H21N5O2/c1-34-23-14-11-20(12-15-23)26-21(18-32(31-26)22-8-3-2-4-9-22)17-28-30-27(33)25-16-13-19-7-5-6-10-24(19)29-25/h2-18H,1H3,(H,30,33)/b28-17+. The Morgan fingerprint density at radius 3 is 2.50 bits per heavy atom. The first-order chi connectivity index (χ1) is 16.7. The van der Waals surface area contributed by atoms with Gasteiger partial charge in [0.2, 0.25) is 0 Å². The fourth-order valence-corrected chi connectivity index (χ4v) is 3.58. The van der Waals surface area contributed by atoms with Crippen molar-refractivity contribution in [3.05, 3.63) is 108 Å². The minimum atomic E-state index is -0.386. The zero-order valence-corrected chi connectivity index (χ0v) is 18.4. The van der Waals surface area contributed by atoms with Gasteiger partial charge in [0, 0.05) is 22.7 Å². The predicted octanol–water partition coefficient (Wildman–Crippen LogP) is 4.86. The molecule has 0 atom stereocenters. The number of nitrogens with one attached hydrogen (secondary N) is 1. The van der Waals surface area contributed by atoms with Crippen molar-refractivity contribution in [3.8, 4) is 22.7 Å². The monoisotopic (exact) mass is 447 g/mol. The second kappa shape index (κ2) is 9.38. The number of fused-ring (bicyclic) bond motifs is 1. The molecule has 0 saturated heterocycles. The Morgan fingerprint density at radius 2 is 1.71 bits per heavy atom. The van der Waals surface area contributed by atoms with Crippen molar-refractivity contribution < 1.29 is 9.53 Å². The number of amides is 1. The average Bonchev–Trinajstić information content (AvgIpc) is 3.33. The quantitative estimate of drug-likeness (QED) is 0.298. The Bertz CT molecular complexity index is 1470. The molecule has 34 heavy (non-hydrogen) atoms. The van der Waals surface area contributed by atoms with Crippen LogP contribution >= 0.6 is 0 Å². The molecule has 5 rings (SSSR count). The Balaban J connectivity index is 1.42. The summed E-state index contributed by atoms with van der Waals surface area (Å²) in [6, 6.07) is 28.6. The summed E-state index contributed by atoms with van der Waals surface area (Å²) in [5, 5.41) is 9.91. The first-order valence-corrected chi connectivity index (χ1v) is 10.7. The molecular formula is C27H21N5O2. The molecule has 5 aromatic rings. The number of methoxy groups -OCH3 is 1. The number of nitrogens with zero attached hydrogens (tertiary/aromatic N) is 4. The molecule has 7 heteroatoms. The number of para-hydroxylation sites is 2. The molecule has 3 aromatic carbocycles. The molecule has 0 fully saturated rings. The Hall–Kier alpha value is -4.78. The fraction of sp³-hybridized carbons (Fsp3) is 0.0370. The highest BCUT2D eigenvalue weighted by Gasteiger charge is 2.12. The zero-order chi connectivity index (χ0) is 23.3. The van der Waals surface area contributed by atoms with Gasteiger partial charge in [0.25, 0.3) is 5.91 Å². The zero-order valence-electron chi connectivity index (χ0n) is 18.4. The van der Waals surface area contributed by atoms with Gasteiger partial charge in [-0.05, 0) is 48.5 Å². The molecule has 0 bridgehead atoms. The molecule has 0 aliphatic rings. The van der Waals surface area contributed by atoms with E-state index in [9.17, 15) is 4.79 Å². The van der Waals surface area contributed by atoms with E-state index in [0.29, 0.717) is 5.69 Å². The first-order valence-electron chi connectivity index (χ1n) is 10.7. The molecule has 0 aliphatic carbocycles. The number of ether oxygens (including phenoxy) is 1. The average molecular weight is 447 g/mol. The van der Waals surface area contributed by atoms with Crippen molar-refractivity contribution in [2.75, 3.05) is 7.11 Å². The second-order valence-electron chi connectivity index (χ2n) is 7.53. The van der Waals surface area contributed by atoms with Crippen molar-refractivity contribution in [1.82, 2.24) is 20.2 Å². The van der Waals surface area contributed by atoms with Crippen molar-refractivity contribution in [2.45, 2.75) is 0 Å². The summed E-state index contributed by atoms with van der Waals surface area (Å²) >= 11 is 0. The van der Waals surface area contributed by atoms with E-state index in [4.69, 9.17) is 9.84 Å². The van der Waals surface area contributed by atoms with Crippen LogP contribution in [0, 0.1) is 0 Å². The molecule has 0 saturated carbocycles. The van der Waals surface area contributed by atoms with Crippen LogP contribution in [0.4, 0.5) is 0 Å². The molecule has 1 amide bonds. The van der Waals surface area contributed by atoms with Crippen LogP contribution in [-0.4, -0.2) is 34.0 Å². The number of carbonyl (C=O) groups excluding carboxylic acids is 1. The van der Waals surface area contributed by atoms with Crippen LogP contribution in [0.3, 0.4) is 0 Å². The number of aromatic nitrogens is 3. The summed E-state index contributed by atoms with van der Waals surface area (Å²) < 4.78 is 7.05. The molecule has 166 valence electrons. The van der Waals surface area contributed by atoms with Crippen molar-refractivity contribution >= 4 is 23.0 Å². The number of pyridine rings is 1. The van der Waals surface area contributed by atoms with E-state index in [1.807, 2.05) is 91.1 Å². The summed E-state index contributed by atoms with van der Waals surface area (Å²) in [5.41, 5.74) is 6.92. The van der Waals surface area contributed by atoms with E-state index >= 15 is 0 Å². The molecule has 0 aliphatic heterocycles. The molecular weight excluding hydrogens is 426 g/mol. The van der Waals surface area contributed by atoms with Gasteiger partial charge >= 0.3 is 0 Å². The fourth-order valence-electron chi connectivity index (χ4n) is 3.58. The second-order valence-corrected chi connectivity index (χ2v) is 7.53. The lowest BCUT2D eigenvalue weighted by Crippen LogP contribution is -2.18. The molecule has 7 nitrogen and oxygen atoms in total. The van der Waals surface area contributed by atoms with Crippen LogP contribution in [0.2, 0.25) is 0 Å². The Labute approximate surface area is 196 Å². The third-order valence-electron chi connectivity index (χ3n) is 5.33. The third-order valence-corrected chi connectivity index (χ3v) is 5.33. The highest BCUT2D eigenvalue weighted by atomic mass is 16.5. The SMILES string of the molecule is COc1ccc(-c2nn(-c3ccccc3)cc2/C=N/NC(=O)c2ccc3ccccc3n2)cc1. The van der Waals surface area contributed by atoms with Gasteiger partial charge in [-0.25, -0.2) is 15.1 Å². The maximum absolute atomic E-state index is 12.6. The molecule has 0 spiro atoms. The number of rotatable bonds is 6. The van der Waals surface area contributed by atoms with Gasteiger partial charge in [-0.2, -0.15) is 10.2 Å². The Morgan fingerprint density at radius 1 is 0.941 bits per heavy atom. The summed E-state index contributed by atoms with van der Waals surface area (Å²) in [6.45, 7) is 0. The van der Waals surface area contributed by atoms with E-state index in [1.54, 1.807) is 24.1 Å². The summed E-state index contributed by atoms with van der Waals surface area (Å²) in [6.07, 6.45) is 3.46. The normalized spacial score (nSPS) is 11.1. The van der Waals surface area contributed by atoms with Crippen molar-refractivity contribution in [1.29, 1.82) is 0 Å². The van der Waals surface area contributed by atoms with Crippen LogP contribution in [0.25, 0.3) is 27.8 Å². The molecule has 0 unspecified atom stereocenters. The van der Waals surface area contributed by atoms with E-state index in [0.717, 1.165) is 39.2 Å². The number of hydrazone groups is 1. The lowest BCUT2D eigenvalue weighted by Gasteiger charge is -2.03. The summed E-state index contributed by atoms with van der Waals surface area (Å²) in [7, 11) is 1.63. The lowest BCUT2D eigenvalue weighted by atomic mass is 10.1. The molecule has 2 aromatic heterocycles. The van der Waals surface area contributed by atoms with Crippen LogP contribution < -0.4 is 10.2 Å². The van der Waals surface area contributed by atoms with Crippen LogP contribution in [0.15, 0.2) is 102 Å². The smallest absolute Gasteiger partial charge is 0.289 e. The Kier molecular flexibility index (Phi) is 5.82. The minimum Gasteiger partial charge on any atom is -0.497 e. The van der Waals surface area contributed by atoms with Crippen molar-refractivity contribution in [2.24, 2.45) is 5.10 Å². The predicted molar refractivity (Wildman–Crippen MR) is 132 cm³/mol. The van der Waals surface area contributed by atoms with E-state index in [-0.39, 0.29) is 5.91 Å². The number of carbonyl (C=O) groups is 1. The van der Waals surface area contributed by atoms with Crippen LogP contribution in [0.5, 0.6) is 5.75 Å². The molecule has 2 heterocycles. The number of hydrogen-bond acceptors (Lipinski definition) is 5. The van der Waals surface area contributed by atoms with Crippen molar-refractivity contribution in [3.63, 3.8) is 0 Å². The van der Waals surface area contributed by atoms with E-state index in [2.05, 4.69) is 15.5 Å². The number of hydrogen-bond donors (Lipinski definition) is 1. The highest BCUT2D eigenvalue weighted by Crippen LogP contribution is 2.25. The summed E-state index contributed by atoms with van der Waals surface area (Å²) in [4.78, 5) is 17.0. The van der Waals surface area contributed by atoms with Gasteiger partial charge in [0.1, 0.15) is 17.1 Å². The molecule has 0 radical (unpaired) electrons. The topological polar surface area (TPSA) is 81.4 Å². The minimum absolute atomic E-state index is 0.297. The third kappa shape index (κ3) is 4.40. The number of benzene rings is 3. The van der Waals surface area contributed by atoms with Gasteiger partial charge in [-0.15, -0.1) is 0 Å². The van der Waals surface area contributed by atoms with E-state index in [1.165, 1.54) is 0 Å². The largest absolute Gasteiger partial charge is 0.497 e. The van der Waals surface area contributed by atoms with Gasteiger partial charge in [-0.1, -0.05) is 42.5 Å². The maximum Gasteiger partial charge on any atom is 0.289 e. The van der Waals surface area contributed by atoms with Gasteiger partial charge < -0.3 is 4.74 Å².